The van der Waals surface area contributed by atoms with E-state index in [0.29, 0.717) is 5.92 Å². The third-order valence-electron chi connectivity index (χ3n) is 13.5. The first-order chi connectivity index (χ1) is 31.2. The predicted molar refractivity (Wildman–Crippen MR) is 268 cm³/mol. The second-order valence-electron chi connectivity index (χ2n) is 17.1. The van der Waals surface area contributed by atoms with E-state index in [1.807, 2.05) is 0 Å². The summed E-state index contributed by atoms with van der Waals surface area (Å²) >= 11 is 0. The highest BCUT2D eigenvalue weighted by Crippen LogP contribution is 2.57. The zero-order chi connectivity index (χ0) is 41.9. The number of fused-ring (bicyclic) bond motifs is 7. The molecule has 63 heavy (non-hydrogen) atoms. The first kappa shape index (κ1) is 37.0. The zero-order valence-electron chi connectivity index (χ0n) is 35.2. The number of rotatable bonds is 6. The van der Waals surface area contributed by atoms with Crippen LogP contribution >= 0.6 is 0 Å². The lowest BCUT2D eigenvalue weighted by molar-refractivity contribution is 0.906. The van der Waals surface area contributed by atoms with Gasteiger partial charge in [0, 0.05) is 5.92 Å². The van der Waals surface area contributed by atoms with Crippen LogP contribution in [0, 0.1) is 5.92 Å². The Morgan fingerprint density at radius 2 is 0.841 bits per heavy atom. The van der Waals surface area contributed by atoms with Crippen LogP contribution in [-0.4, -0.2) is 0 Å². The van der Waals surface area contributed by atoms with Gasteiger partial charge in [-0.25, -0.2) is 0 Å². The van der Waals surface area contributed by atoms with Crippen molar-refractivity contribution in [2.45, 2.75) is 13.3 Å². The zero-order valence-corrected chi connectivity index (χ0v) is 35.2. The Morgan fingerprint density at radius 3 is 1.38 bits per heavy atom. The largest absolute Gasteiger partial charge is 0.0801 e. The first-order valence-electron chi connectivity index (χ1n) is 22.2. The molecule has 0 fully saturated rings. The van der Waals surface area contributed by atoms with Crippen molar-refractivity contribution >= 4 is 16.3 Å². The highest BCUT2D eigenvalue weighted by molar-refractivity contribution is 6.18. The van der Waals surface area contributed by atoms with Gasteiger partial charge in [-0.15, -0.1) is 0 Å². The third-order valence-corrected chi connectivity index (χ3v) is 13.5. The van der Waals surface area contributed by atoms with Crippen molar-refractivity contribution in [1.29, 1.82) is 0 Å². The van der Waals surface area contributed by atoms with E-state index in [2.05, 4.69) is 238 Å². The van der Waals surface area contributed by atoms with E-state index >= 15 is 0 Å². The van der Waals surface area contributed by atoms with Crippen LogP contribution < -0.4 is 0 Å². The van der Waals surface area contributed by atoms with Gasteiger partial charge in [-0.1, -0.05) is 231 Å². The van der Waals surface area contributed by atoms with Gasteiger partial charge in [-0.2, -0.15) is 0 Å². The highest BCUT2D eigenvalue weighted by atomic mass is 14.3. The molecule has 2 bridgehead atoms. The van der Waals surface area contributed by atoms with Crippen LogP contribution in [0.2, 0.25) is 0 Å². The molecule has 0 amide bonds. The maximum absolute atomic E-state index is 2.51. The SMILES string of the molecule is CC1C2=CC=C/C1=C/C=C\Cc1cc(-c3c(-c4ccccc4)c(-c4ccccc4)c(-c4ccccc4)c(-c4ccccc4)c3-c3ccc4c(c3)-c3cccc5cccc-4c35)ccc12. The van der Waals surface area contributed by atoms with E-state index in [9.17, 15) is 0 Å². The van der Waals surface area contributed by atoms with E-state index in [-0.39, 0.29) is 0 Å². The first-order valence-corrected chi connectivity index (χ1v) is 22.2. The van der Waals surface area contributed by atoms with E-state index in [1.165, 1.54) is 122 Å². The maximum Gasteiger partial charge on any atom is 0.00670 e. The average molecular weight is 801 g/mol. The topological polar surface area (TPSA) is 0 Å². The van der Waals surface area contributed by atoms with Crippen molar-refractivity contribution in [1.82, 2.24) is 0 Å². The minimum atomic E-state index is 0.303. The Bertz CT molecular complexity index is 3370. The van der Waals surface area contributed by atoms with Gasteiger partial charge in [0.2, 0.25) is 0 Å². The molecule has 0 heteroatoms. The number of allylic oxidation sites excluding steroid dienone is 8. The second-order valence-corrected chi connectivity index (χ2v) is 17.1. The minimum absolute atomic E-state index is 0.303. The van der Waals surface area contributed by atoms with Gasteiger partial charge in [-0.3, -0.25) is 0 Å². The number of hydrogen-bond donors (Lipinski definition) is 0. The summed E-state index contributed by atoms with van der Waals surface area (Å²) in [7, 11) is 0. The van der Waals surface area contributed by atoms with Crippen LogP contribution in [-0.2, 0) is 6.42 Å². The smallest absolute Gasteiger partial charge is 0.00670 e. The quantitative estimate of drug-likeness (QED) is 0.157. The molecule has 0 radical (unpaired) electrons. The molecule has 0 spiro atoms. The summed E-state index contributed by atoms with van der Waals surface area (Å²) in [5, 5.41) is 2.62. The van der Waals surface area contributed by atoms with Crippen LogP contribution in [0.1, 0.15) is 18.1 Å². The van der Waals surface area contributed by atoms with Crippen molar-refractivity contribution in [2.24, 2.45) is 5.92 Å². The molecular formula is C63H44. The highest BCUT2D eigenvalue weighted by Gasteiger charge is 2.31. The van der Waals surface area contributed by atoms with Crippen LogP contribution in [0.3, 0.4) is 0 Å². The van der Waals surface area contributed by atoms with E-state index in [4.69, 9.17) is 0 Å². The summed E-state index contributed by atoms with van der Waals surface area (Å²) in [6, 6.07) is 72.6. The fourth-order valence-corrected chi connectivity index (χ4v) is 10.7. The minimum Gasteiger partial charge on any atom is -0.0801 e. The summed E-state index contributed by atoms with van der Waals surface area (Å²) in [6.45, 7) is 2.34. The Morgan fingerprint density at radius 1 is 0.365 bits per heavy atom. The molecular weight excluding hydrogens is 757 g/mol. The van der Waals surface area contributed by atoms with Crippen molar-refractivity contribution in [2.75, 3.05) is 0 Å². The molecule has 9 aromatic carbocycles. The van der Waals surface area contributed by atoms with Gasteiger partial charge in [-0.05, 0) is 135 Å². The molecule has 296 valence electrons. The Labute approximate surface area is 370 Å². The summed E-state index contributed by atoms with van der Waals surface area (Å²) in [5.41, 5.74) is 25.1. The standard InChI is InChI=1S/C63H44/c1-41-42-19-14-15-28-48-39-49(35-37-52(48)51(41)32-16-29-42)62-60(46-24-10-4-11-25-46)58(44-20-6-2-7-21-44)59(45-22-8-3-9-23-45)61(47-26-12-5-13-27-47)63(62)50-36-38-53-54-33-17-30-43-31-18-34-55(57(43)54)56(53)40-50/h2-27,29-41H,28H2,1H3/b15-14-,42-19-. The van der Waals surface area contributed by atoms with E-state index < -0.39 is 0 Å². The molecule has 1 atom stereocenters. The molecule has 0 saturated heterocycles. The lowest BCUT2D eigenvalue weighted by atomic mass is 9.73. The molecule has 0 N–H and O–H groups in total. The molecule has 3 aliphatic carbocycles. The molecule has 0 aliphatic heterocycles. The van der Waals surface area contributed by atoms with Crippen molar-refractivity contribution in [3.05, 3.63) is 247 Å². The second kappa shape index (κ2) is 15.3. The lowest BCUT2D eigenvalue weighted by Crippen LogP contribution is -2.06. The molecule has 12 rings (SSSR count). The summed E-state index contributed by atoms with van der Waals surface area (Å²) in [4.78, 5) is 0. The van der Waals surface area contributed by atoms with Crippen LogP contribution in [0.4, 0.5) is 0 Å². The monoisotopic (exact) mass is 800 g/mol. The fraction of sp³-hybridized carbons (Fsp3) is 0.0476. The van der Waals surface area contributed by atoms with E-state index in [1.54, 1.807) is 0 Å². The van der Waals surface area contributed by atoms with Crippen molar-refractivity contribution in [3.63, 3.8) is 0 Å². The normalized spacial score (nSPS) is 15.9. The number of benzene rings is 9. The van der Waals surface area contributed by atoms with Gasteiger partial charge in [0.15, 0.2) is 0 Å². The molecule has 0 nitrogen and oxygen atoms in total. The Hall–Kier alpha value is -7.80. The molecule has 0 heterocycles. The van der Waals surface area contributed by atoms with Gasteiger partial charge < -0.3 is 0 Å². The average Bonchev–Trinajstić information content (AvgIpc) is 3.68. The van der Waals surface area contributed by atoms with Gasteiger partial charge in [0.25, 0.3) is 0 Å². The van der Waals surface area contributed by atoms with Crippen LogP contribution in [0.5, 0.6) is 0 Å². The summed E-state index contributed by atoms with van der Waals surface area (Å²) in [6.07, 6.45) is 14.5. The predicted octanol–water partition coefficient (Wildman–Crippen LogP) is 17.1. The van der Waals surface area contributed by atoms with Crippen molar-refractivity contribution in [3.8, 4) is 89.0 Å². The molecule has 0 saturated carbocycles. The molecule has 1 unspecified atom stereocenters. The fourth-order valence-electron chi connectivity index (χ4n) is 10.7. The van der Waals surface area contributed by atoms with Gasteiger partial charge in [0.05, 0.1) is 0 Å². The van der Waals surface area contributed by atoms with E-state index in [0.717, 1.165) is 6.42 Å². The molecule has 3 aliphatic rings. The summed E-state index contributed by atoms with van der Waals surface area (Å²) in [5.74, 6) is 0.303. The molecule has 9 aromatic rings. The third kappa shape index (κ3) is 6.13. The van der Waals surface area contributed by atoms with Gasteiger partial charge >= 0.3 is 0 Å². The Balaban J connectivity index is 1.28. The van der Waals surface area contributed by atoms with Crippen LogP contribution in [0.25, 0.3) is 105 Å². The van der Waals surface area contributed by atoms with Crippen molar-refractivity contribution < 1.29 is 0 Å². The maximum atomic E-state index is 2.51. The molecule has 0 aromatic heterocycles. The van der Waals surface area contributed by atoms with Crippen LogP contribution in [0.15, 0.2) is 236 Å². The number of hydrogen-bond acceptors (Lipinski definition) is 0. The van der Waals surface area contributed by atoms with Gasteiger partial charge in [0.1, 0.15) is 0 Å². The Kier molecular flexibility index (Phi) is 8.97. The lowest BCUT2D eigenvalue weighted by Gasteiger charge is -2.29. The summed E-state index contributed by atoms with van der Waals surface area (Å²) < 4.78 is 0.